The molecular weight excluding hydrogens is 370 g/mol. The number of ether oxygens (including phenoxy) is 2. The quantitative estimate of drug-likeness (QED) is 0.684. The van der Waals surface area contributed by atoms with Gasteiger partial charge in [0.15, 0.2) is 0 Å². The van der Waals surface area contributed by atoms with E-state index in [1.54, 1.807) is 25.6 Å². The second-order valence-corrected chi connectivity index (χ2v) is 7.63. The van der Waals surface area contributed by atoms with E-state index in [4.69, 9.17) is 14.5 Å². The average molecular weight is 396 g/mol. The van der Waals surface area contributed by atoms with Gasteiger partial charge in [-0.15, -0.1) is 11.3 Å². The molecule has 5 nitrogen and oxygen atoms in total. The van der Waals surface area contributed by atoms with Crippen molar-refractivity contribution in [3.63, 3.8) is 0 Å². The van der Waals surface area contributed by atoms with Crippen LogP contribution in [0.3, 0.4) is 0 Å². The normalized spacial score (nSPS) is 17.4. The molecule has 1 aromatic heterocycles. The Labute approximate surface area is 169 Å². The SMILES string of the molecule is COc1ccccc1-c1nc(CN2CCNCC2c2ccccc2OC)cs1. The number of hydrogen-bond donors (Lipinski definition) is 1. The Hall–Kier alpha value is -2.41. The maximum Gasteiger partial charge on any atom is 0.129 e. The molecule has 0 bridgehead atoms. The third-order valence-electron chi connectivity index (χ3n) is 5.11. The highest BCUT2D eigenvalue weighted by atomic mass is 32.1. The van der Waals surface area contributed by atoms with E-state index in [1.165, 1.54) is 5.56 Å². The molecule has 1 saturated heterocycles. The minimum atomic E-state index is 0.265. The summed E-state index contributed by atoms with van der Waals surface area (Å²) < 4.78 is 11.1. The van der Waals surface area contributed by atoms with E-state index in [0.717, 1.165) is 53.9 Å². The van der Waals surface area contributed by atoms with Crippen LogP contribution in [0.1, 0.15) is 17.3 Å². The maximum absolute atomic E-state index is 5.60. The Morgan fingerprint density at radius 3 is 2.64 bits per heavy atom. The standard InChI is InChI=1S/C22H25N3O2S/c1-26-20-9-5-3-7-17(20)19-13-23-11-12-25(19)14-16-15-28-22(24-16)18-8-4-6-10-21(18)27-2/h3-10,15,19,23H,11-14H2,1-2H3. The second-order valence-electron chi connectivity index (χ2n) is 6.78. The van der Waals surface area contributed by atoms with E-state index in [0.29, 0.717) is 0 Å². The van der Waals surface area contributed by atoms with Gasteiger partial charge in [0.05, 0.1) is 31.5 Å². The molecule has 1 atom stereocenters. The molecule has 0 aliphatic carbocycles. The lowest BCUT2D eigenvalue weighted by atomic mass is 10.0. The first-order valence-electron chi connectivity index (χ1n) is 9.45. The lowest BCUT2D eigenvalue weighted by Gasteiger charge is -2.36. The fourth-order valence-electron chi connectivity index (χ4n) is 3.72. The summed E-state index contributed by atoms with van der Waals surface area (Å²) in [5.41, 5.74) is 3.35. The zero-order chi connectivity index (χ0) is 19.3. The van der Waals surface area contributed by atoms with Gasteiger partial charge in [0.1, 0.15) is 16.5 Å². The summed E-state index contributed by atoms with van der Waals surface area (Å²) in [5.74, 6) is 1.80. The number of hydrogen-bond acceptors (Lipinski definition) is 6. The van der Waals surface area contributed by atoms with Gasteiger partial charge in [-0.05, 0) is 18.2 Å². The van der Waals surface area contributed by atoms with Crippen LogP contribution < -0.4 is 14.8 Å². The monoisotopic (exact) mass is 395 g/mol. The van der Waals surface area contributed by atoms with Gasteiger partial charge in [0, 0.05) is 37.1 Å². The first-order chi connectivity index (χ1) is 13.8. The van der Waals surface area contributed by atoms with Crippen molar-refractivity contribution in [3.05, 3.63) is 65.2 Å². The van der Waals surface area contributed by atoms with Crippen LogP contribution in [0.5, 0.6) is 11.5 Å². The molecule has 1 fully saturated rings. The molecule has 1 aliphatic rings. The number of nitrogens with zero attached hydrogens (tertiary/aromatic N) is 2. The highest BCUT2D eigenvalue weighted by molar-refractivity contribution is 7.13. The van der Waals surface area contributed by atoms with Gasteiger partial charge in [-0.1, -0.05) is 30.3 Å². The third kappa shape index (κ3) is 3.90. The average Bonchev–Trinajstić information content (AvgIpc) is 3.22. The summed E-state index contributed by atoms with van der Waals surface area (Å²) in [7, 11) is 3.44. The summed E-state index contributed by atoms with van der Waals surface area (Å²) in [5, 5.41) is 6.67. The van der Waals surface area contributed by atoms with Crippen LogP contribution in [0.2, 0.25) is 0 Å². The minimum Gasteiger partial charge on any atom is -0.496 e. The van der Waals surface area contributed by atoms with E-state index >= 15 is 0 Å². The van der Waals surface area contributed by atoms with Gasteiger partial charge >= 0.3 is 0 Å². The predicted molar refractivity (Wildman–Crippen MR) is 113 cm³/mol. The smallest absolute Gasteiger partial charge is 0.129 e. The molecule has 0 amide bonds. The Kier molecular flexibility index (Phi) is 5.90. The van der Waals surface area contributed by atoms with Crippen molar-refractivity contribution in [2.24, 2.45) is 0 Å². The van der Waals surface area contributed by atoms with E-state index in [1.807, 2.05) is 30.3 Å². The molecular formula is C22H25N3O2S. The van der Waals surface area contributed by atoms with Crippen molar-refractivity contribution in [2.75, 3.05) is 33.9 Å². The molecule has 1 N–H and O–H groups in total. The van der Waals surface area contributed by atoms with Crippen molar-refractivity contribution >= 4 is 11.3 Å². The van der Waals surface area contributed by atoms with Crippen LogP contribution in [0, 0.1) is 0 Å². The summed E-state index contributed by atoms with van der Waals surface area (Å²) in [6.45, 7) is 3.68. The predicted octanol–water partition coefficient (Wildman–Crippen LogP) is 3.97. The molecule has 1 unspecified atom stereocenters. The Bertz CT molecular complexity index is 927. The van der Waals surface area contributed by atoms with E-state index in [2.05, 4.69) is 33.8 Å². The molecule has 4 rings (SSSR count). The van der Waals surface area contributed by atoms with Gasteiger partial charge in [-0.3, -0.25) is 4.90 Å². The highest BCUT2D eigenvalue weighted by Gasteiger charge is 2.26. The maximum atomic E-state index is 5.60. The van der Waals surface area contributed by atoms with Crippen molar-refractivity contribution in [3.8, 4) is 22.1 Å². The molecule has 146 valence electrons. The zero-order valence-corrected chi connectivity index (χ0v) is 17.0. The molecule has 1 aliphatic heterocycles. The Balaban J connectivity index is 1.57. The number of piperazine rings is 1. The largest absolute Gasteiger partial charge is 0.496 e. The Morgan fingerprint density at radius 1 is 1.07 bits per heavy atom. The number of benzene rings is 2. The van der Waals surface area contributed by atoms with E-state index in [-0.39, 0.29) is 6.04 Å². The number of aromatic nitrogens is 1. The van der Waals surface area contributed by atoms with E-state index < -0.39 is 0 Å². The number of thiazole rings is 1. The van der Waals surface area contributed by atoms with Crippen molar-refractivity contribution in [1.82, 2.24) is 15.2 Å². The first kappa shape index (κ1) is 18.9. The summed E-state index contributed by atoms with van der Waals surface area (Å²) >= 11 is 1.67. The number of nitrogens with one attached hydrogen (secondary N) is 1. The minimum absolute atomic E-state index is 0.265. The van der Waals surface area contributed by atoms with Gasteiger partial charge in [0.25, 0.3) is 0 Å². The van der Waals surface area contributed by atoms with E-state index in [9.17, 15) is 0 Å². The van der Waals surface area contributed by atoms with Gasteiger partial charge in [0.2, 0.25) is 0 Å². The van der Waals surface area contributed by atoms with Crippen molar-refractivity contribution in [1.29, 1.82) is 0 Å². The molecule has 6 heteroatoms. The number of methoxy groups -OCH3 is 2. The highest BCUT2D eigenvalue weighted by Crippen LogP contribution is 2.34. The fraction of sp³-hybridized carbons (Fsp3) is 0.318. The van der Waals surface area contributed by atoms with Crippen LogP contribution in [0.25, 0.3) is 10.6 Å². The van der Waals surface area contributed by atoms with Crippen LogP contribution >= 0.6 is 11.3 Å². The zero-order valence-electron chi connectivity index (χ0n) is 16.2. The van der Waals surface area contributed by atoms with Crippen molar-refractivity contribution < 1.29 is 9.47 Å². The molecule has 2 heterocycles. The van der Waals surface area contributed by atoms with Gasteiger partial charge in [-0.25, -0.2) is 4.98 Å². The van der Waals surface area contributed by atoms with Crippen LogP contribution in [-0.2, 0) is 6.54 Å². The molecule has 0 radical (unpaired) electrons. The third-order valence-corrected chi connectivity index (χ3v) is 6.03. The van der Waals surface area contributed by atoms with Crippen molar-refractivity contribution in [2.45, 2.75) is 12.6 Å². The second kappa shape index (κ2) is 8.73. The van der Waals surface area contributed by atoms with Crippen LogP contribution in [0.15, 0.2) is 53.9 Å². The first-order valence-corrected chi connectivity index (χ1v) is 10.3. The summed E-state index contributed by atoms with van der Waals surface area (Å²) in [4.78, 5) is 7.38. The lowest BCUT2D eigenvalue weighted by molar-refractivity contribution is 0.149. The molecule has 0 saturated carbocycles. The summed E-state index contributed by atoms with van der Waals surface area (Å²) in [6, 6.07) is 16.6. The molecule has 3 aromatic rings. The van der Waals surface area contributed by atoms with Gasteiger partial charge in [-0.2, -0.15) is 0 Å². The van der Waals surface area contributed by atoms with Gasteiger partial charge < -0.3 is 14.8 Å². The summed E-state index contributed by atoms with van der Waals surface area (Å²) in [6.07, 6.45) is 0. The van der Waals surface area contributed by atoms with Crippen LogP contribution in [-0.4, -0.2) is 43.7 Å². The topological polar surface area (TPSA) is 46.6 Å². The number of rotatable bonds is 6. The Morgan fingerprint density at radius 2 is 1.82 bits per heavy atom. The number of para-hydroxylation sites is 2. The lowest BCUT2D eigenvalue weighted by Crippen LogP contribution is -2.45. The van der Waals surface area contributed by atoms with Crippen LogP contribution in [0.4, 0.5) is 0 Å². The molecule has 28 heavy (non-hydrogen) atoms. The fourth-order valence-corrected chi connectivity index (χ4v) is 4.56. The molecule has 2 aromatic carbocycles. The molecule has 0 spiro atoms.